The number of hydrogen-bond acceptors (Lipinski definition) is 0. The summed E-state index contributed by atoms with van der Waals surface area (Å²) in [5, 5.41) is 0. The van der Waals surface area contributed by atoms with Gasteiger partial charge in [-0.15, -0.1) is 0 Å². The van der Waals surface area contributed by atoms with E-state index in [0.29, 0.717) is 13.3 Å². The molecule has 109 valence electrons. The Balaban J connectivity index is 2.60. The Morgan fingerprint density at radius 2 is 1.33 bits per heavy atom. The van der Waals surface area contributed by atoms with Crippen molar-refractivity contribution in [3.05, 3.63) is 58.4 Å². The van der Waals surface area contributed by atoms with Crippen LogP contribution in [0.2, 0.25) is 0 Å². The molecule has 0 fully saturated rings. The highest BCUT2D eigenvalue weighted by atomic mass is 19.2. The van der Waals surface area contributed by atoms with Gasteiger partial charge in [0.25, 0.3) is 0 Å². The highest BCUT2D eigenvalue weighted by Crippen LogP contribution is 2.16. The monoisotopic (exact) mass is 305 g/mol. The van der Waals surface area contributed by atoms with Gasteiger partial charge in [0.2, 0.25) is 7.28 Å². The lowest BCUT2D eigenvalue weighted by atomic mass is 9.62. The Labute approximate surface area is 115 Å². The van der Waals surface area contributed by atoms with Gasteiger partial charge in [0.05, 0.1) is 0 Å². The molecule has 21 heavy (non-hydrogen) atoms. The highest BCUT2D eigenvalue weighted by molar-refractivity contribution is 6.67. The zero-order valence-corrected chi connectivity index (χ0v) is 10.4. The topological polar surface area (TPSA) is 0 Å². The first-order chi connectivity index (χ1) is 9.73. The van der Waals surface area contributed by atoms with E-state index in [1.54, 1.807) is 0 Å². The lowest BCUT2D eigenvalue weighted by Crippen LogP contribution is -2.37. The summed E-state index contributed by atoms with van der Waals surface area (Å²) in [7, 11) is 0.363. The van der Waals surface area contributed by atoms with Crippen molar-refractivity contribution < 1.29 is 30.7 Å². The van der Waals surface area contributed by atoms with E-state index < -0.39 is 57.2 Å². The molecule has 0 unspecified atom stereocenters. The summed E-state index contributed by atoms with van der Waals surface area (Å²) >= 11 is 0. The first-order valence-electron chi connectivity index (χ1n) is 5.55. The van der Waals surface area contributed by atoms with Crippen LogP contribution in [0.4, 0.5) is 30.7 Å². The lowest BCUT2D eigenvalue weighted by molar-refractivity contribution is 0.434. The van der Waals surface area contributed by atoms with E-state index in [-0.39, 0.29) is 6.07 Å². The van der Waals surface area contributed by atoms with E-state index in [1.807, 2.05) is 0 Å². The average molecular weight is 305 g/mol. The Kier molecular flexibility index (Phi) is 3.98. The van der Waals surface area contributed by atoms with Gasteiger partial charge in [-0.3, -0.25) is 0 Å². The molecule has 0 nitrogen and oxygen atoms in total. The van der Waals surface area contributed by atoms with E-state index in [9.17, 15) is 30.7 Å². The Morgan fingerprint density at radius 3 is 1.95 bits per heavy atom. The van der Waals surface area contributed by atoms with Crippen LogP contribution in [0.25, 0.3) is 0 Å². The molecule has 0 amide bonds. The summed E-state index contributed by atoms with van der Waals surface area (Å²) in [5.74, 6) is -11.4. The summed E-state index contributed by atoms with van der Waals surface area (Å²) < 4.78 is 93.0. The molecule has 0 heterocycles. The number of rotatable bonds is 2. The number of halogens is 7. The molecule has 0 aliphatic carbocycles. The Hall–Kier alpha value is -1.99. The minimum Gasteiger partial charge on any atom is -0.207 e. The maximum atomic E-state index is 13.7. The zero-order valence-electron chi connectivity index (χ0n) is 10.4. The second kappa shape index (κ2) is 5.42. The van der Waals surface area contributed by atoms with Crippen LogP contribution in [-0.2, 0) is 0 Å². The molecule has 8 heteroatoms. The molecule has 0 aliphatic rings. The third-order valence-electron chi connectivity index (χ3n) is 2.84. The molecule has 0 bridgehead atoms. The van der Waals surface area contributed by atoms with Crippen LogP contribution < -0.4 is 10.9 Å². The standard InChI is InChI=1S/C13H5BF7/c1-4-9(17)8(12(20)13(21)10(4)18)14-6-2-5(15)3-7(16)11(6)19/h2-3H,1H3. The predicted octanol–water partition coefficient (Wildman–Crippen LogP) is 2.62. The normalized spacial score (nSPS) is 10.9. The van der Waals surface area contributed by atoms with Gasteiger partial charge < -0.3 is 0 Å². The molecule has 2 rings (SSSR count). The van der Waals surface area contributed by atoms with Gasteiger partial charge in [0, 0.05) is 11.6 Å². The van der Waals surface area contributed by atoms with E-state index in [4.69, 9.17) is 0 Å². The van der Waals surface area contributed by atoms with Crippen molar-refractivity contribution in [2.24, 2.45) is 0 Å². The zero-order chi connectivity index (χ0) is 15.9. The first kappa shape index (κ1) is 15.4. The van der Waals surface area contributed by atoms with Gasteiger partial charge in [-0.05, 0) is 23.9 Å². The summed E-state index contributed by atoms with van der Waals surface area (Å²) in [6.07, 6.45) is 0. The van der Waals surface area contributed by atoms with Gasteiger partial charge in [0.15, 0.2) is 29.1 Å². The van der Waals surface area contributed by atoms with Crippen molar-refractivity contribution in [3.63, 3.8) is 0 Å². The third kappa shape index (κ3) is 2.62. The average Bonchev–Trinajstić information content (AvgIpc) is 2.44. The Bertz CT molecular complexity index is 698. The number of benzene rings is 2. The summed E-state index contributed by atoms with van der Waals surface area (Å²) in [6.45, 7) is 0.840. The minimum atomic E-state index is -1.96. The highest BCUT2D eigenvalue weighted by Gasteiger charge is 2.25. The molecule has 2 aromatic carbocycles. The molecule has 1 radical (unpaired) electrons. The van der Waals surface area contributed by atoms with Crippen LogP contribution in [0, 0.1) is 47.6 Å². The second-order valence-electron chi connectivity index (χ2n) is 4.23. The van der Waals surface area contributed by atoms with Crippen molar-refractivity contribution in [2.75, 3.05) is 0 Å². The third-order valence-corrected chi connectivity index (χ3v) is 2.84. The molecule has 0 saturated heterocycles. The smallest absolute Gasteiger partial charge is 0.203 e. The largest absolute Gasteiger partial charge is 0.207 e. The van der Waals surface area contributed by atoms with Crippen LogP contribution in [-0.4, -0.2) is 7.28 Å². The van der Waals surface area contributed by atoms with Crippen molar-refractivity contribution in [2.45, 2.75) is 6.92 Å². The van der Waals surface area contributed by atoms with E-state index in [0.717, 1.165) is 6.92 Å². The maximum Gasteiger partial charge on any atom is 0.203 e. The van der Waals surface area contributed by atoms with Crippen molar-refractivity contribution in [3.8, 4) is 0 Å². The lowest BCUT2D eigenvalue weighted by Gasteiger charge is -2.10. The summed E-state index contributed by atoms with van der Waals surface area (Å²) in [4.78, 5) is 0. The van der Waals surface area contributed by atoms with E-state index in [1.165, 1.54) is 0 Å². The first-order valence-corrected chi connectivity index (χ1v) is 5.55. The SMILES string of the molecule is Cc1c(F)c(F)c(F)c([B]c2cc(F)cc(F)c2F)c1F. The Morgan fingerprint density at radius 1 is 0.714 bits per heavy atom. The molecule has 2 aromatic rings. The van der Waals surface area contributed by atoms with Crippen LogP contribution >= 0.6 is 0 Å². The van der Waals surface area contributed by atoms with Gasteiger partial charge in [0.1, 0.15) is 11.6 Å². The predicted molar refractivity (Wildman–Crippen MR) is 62.3 cm³/mol. The van der Waals surface area contributed by atoms with Gasteiger partial charge >= 0.3 is 0 Å². The van der Waals surface area contributed by atoms with E-state index >= 15 is 0 Å². The van der Waals surface area contributed by atoms with Crippen LogP contribution in [0.5, 0.6) is 0 Å². The van der Waals surface area contributed by atoms with E-state index in [2.05, 4.69) is 0 Å². The number of hydrogen-bond donors (Lipinski definition) is 0. The molecule has 0 atom stereocenters. The van der Waals surface area contributed by atoms with Crippen molar-refractivity contribution in [1.29, 1.82) is 0 Å². The second-order valence-corrected chi connectivity index (χ2v) is 4.23. The van der Waals surface area contributed by atoms with Gasteiger partial charge in [-0.25, -0.2) is 30.7 Å². The van der Waals surface area contributed by atoms with Crippen LogP contribution in [0.15, 0.2) is 12.1 Å². The minimum absolute atomic E-state index is 0.232. The fraction of sp³-hybridized carbons (Fsp3) is 0.0769. The molecule has 0 saturated carbocycles. The fourth-order valence-electron chi connectivity index (χ4n) is 1.74. The summed E-state index contributed by atoms with van der Waals surface area (Å²) in [5.41, 5.74) is -2.80. The quantitative estimate of drug-likeness (QED) is 0.346. The van der Waals surface area contributed by atoms with Gasteiger partial charge in [-0.1, -0.05) is 0 Å². The fourth-order valence-corrected chi connectivity index (χ4v) is 1.74. The molecular formula is C13H5BF7. The molecule has 0 aromatic heterocycles. The van der Waals surface area contributed by atoms with Gasteiger partial charge in [-0.2, -0.15) is 0 Å². The molecule has 0 N–H and O–H groups in total. The molecule has 0 aliphatic heterocycles. The van der Waals surface area contributed by atoms with Crippen molar-refractivity contribution >= 4 is 18.2 Å². The maximum absolute atomic E-state index is 13.7. The molecule has 0 spiro atoms. The van der Waals surface area contributed by atoms with Crippen LogP contribution in [0.1, 0.15) is 5.56 Å². The van der Waals surface area contributed by atoms with Crippen molar-refractivity contribution in [1.82, 2.24) is 0 Å². The molecular weight excluding hydrogens is 300 g/mol. The van der Waals surface area contributed by atoms with Crippen LogP contribution in [0.3, 0.4) is 0 Å². The summed E-state index contributed by atoms with van der Waals surface area (Å²) in [6, 6.07) is 0.698.